The van der Waals surface area contributed by atoms with Crippen molar-refractivity contribution in [3.8, 4) is 0 Å². The van der Waals surface area contributed by atoms with Crippen LogP contribution in [-0.2, 0) is 14.2 Å². The largest absolute Gasteiger partial charge is 0.375 e. The molecular formula is C12H22O3. The van der Waals surface area contributed by atoms with Gasteiger partial charge in [0, 0.05) is 5.92 Å². The minimum atomic E-state index is -0.0302. The van der Waals surface area contributed by atoms with Gasteiger partial charge in [-0.2, -0.15) is 0 Å². The van der Waals surface area contributed by atoms with Crippen molar-refractivity contribution in [3.63, 3.8) is 0 Å². The topological polar surface area (TPSA) is 27.7 Å². The number of hydrogen-bond acceptors (Lipinski definition) is 3. The highest BCUT2D eigenvalue weighted by atomic mass is 16.7. The van der Waals surface area contributed by atoms with Gasteiger partial charge in [-0.1, -0.05) is 19.9 Å². The van der Waals surface area contributed by atoms with Gasteiger partial charge in [0.15, 0.2) is 6.29 Å². The molecule has 0 bridgehead atoms. The summed E-state index contributed by atoms with van der Waals surface area (Å²) in [5, 5.41) is 0. The SMILES string of the molecule is C=CCOCC1COC(C(CC)CC)O1. The van der Waals surface area contributed by atoms with Gasteiger partial charge in [0.2, 0.25) is 0 Å². The van der Waals surface area contributed by atoms with Crippen molar-refractivity contribution < 1.29 is 14.2 Å². The first kappa shape index (κ1) is 12.7. The molecule has 1 fully saturated rings. The molecular weight excluding hydrogens is 192 g/mol. The first-order chi connectivity index (χ1) is 7.31. The summed E-state index contributed by atoms with van der Waals surface area (Å²) in [4.78, 5) is 0. The van der Waals surface area contributed by atoms with E-state index in [1.165, 1.54) is 0 Å². The van der Waals surface area contributed by atoms with Crippen molar-refractivity contribution in [1.82, 2.24) is 0 Å². The lowest BCUT2D eigenvalue weighted by Gasteiger charge is -2.19. The monoisotopic (exact) mass is 214 g/mol. The van der Waals surface area contributed by atoms with Crippen LogP contribution in [0, 0.1) is 5.92 Å². The lowest BCUT2D eigenvalue weighted by atomic mass is 10.0. The summed E-state index contributed by atoms with van der Waals surface area (Å²) >= 11 is 0. The Balaban J connectivity index is 2.22. The van der Waals surface area contributed by atoms with Crippen LogP contribution in [0.3, 0.4) is 0 Å². The van der Waals surface area contributed by atoms with E-state index in [-0.39, 0.29) is 12.4 Å². The molecule has 2 unspecified atom stereocenters. The van der Waals surface area contributed by atoms with Gasteiger partial charge in [0.25, 0.3) is 0 Å². The molecule has 0 aliphatic carbocycles. The van der Waals surface area contributed by atoms with E-state index in [1.54, 1.807) is 6.08 Å². The van der Waals surface area contributed by atoms with E-state index in [9.17, 15) is 0 Å². The van der Waals surface area contributed by atoms with E-state index in [0.717, 1.165) is 12.8 Å². The molecule has 88 valence electrons. The van der Waals surface area contributed by atoms with Crippen molar-refractivity contribution in [1.29, 1.82) is 0 Å². The van der Waals surface area contributed by atoms with E-state index < -0.39 is 0 Å². The Morgan fingerprint density at radius 2 is 2.20 bits per heavy atom. The first-order valence-electron chi connectivity index (χ1n) is 5.77. The van der Waals surface area contributed by atoms with Crippen molar-refractivity contribution in [3.05, 3.63) is 12.7 Å². The second-order valence-corrected chi connectivity index (χ2v) is 3.86. The maximum Gasteiger partial charge on any atom is 0.161 e. The molecule has 0 aromatic rings. The molecule has 1 heterocycles. The third-order valence-electron chi connectivity index (χ3n) is 2.75. The molecule has 3 heteroatoms. The highest BCUT2D eigenvalue weighted by Gasteiger charge is 2.30. The second kappa shape index (κ2) is 6.99. The summed E-state index contributed by atoms with van der Waals surface area (Å²) in [6.45, 7) is 9.77. The van der Waals surface area contributed by atoms with Gasteiger partial charge in [-0.05, 0) is 12.8 Å². The van der Waals surface area contributed by atoms with Crippen molar-refractivity contribution in [2.75, 3.05) is 19.8 Å². The minimum absolute atomic E-state index is 0.0302. The quantitative estimate of drug-likeness (QED) is 0.481. The average molecular weight is 214 g/mol. The van der Waals surface area contributed by atoms with Crippen LogP contribution < -0.4 is 0 Å². The van der Waals surface area contributed by atoms with Gasteiger partial charge in [-0.25, -0.2) is 0 Å². The standard InChI is InChI=1S/C12H22O3/c1-4-7-13-8-11-9-14-12(15-11)10(5-2)6-3/h4,10-12H,1,5-9H2,2-3H3. The summed E-state index contributed by atoms with van der Waals surface area (Å²) in [6, 6.07) is 0. The van der Waals surface area contributed by atoms with Gasteiger partial charge in [0.05, 0.1) is 19.8 Å². The van der Waals surface area contributed by atoms with Crippen LogP contribution in [0.1, 0.15) is 26.7 Å². The maximum atomic E-state index is 5.77. The van der Waals surface area contributed by atoms with Crippen LogP contribution in [0.25, 0.3) is 0 Å². The zero-order valence-corrected chi connectivity index (χ0v) is 9.78. The van der Waals surface area contributed by atoms with Gasteiger partial charge in [-0.3, -0.25) is 0 Å². The van der Waals surface area contributed by atoms with Crippen molar-refractivity contribution in [2.24, 2.45) is 5.92 Å². The number of ether oxygens (including phenoxy) is 3. The average Bonchev–Trinajstić information content (AvgIpc) is 2.69. The molecule has 3 nitrogen and oxygen atoms in total. The summed E-state index contributed by atoms with van der Waals surface area (Å²) < 4.78 is 16.7. The van der Waals surface area contributed by atoms with Crippen LogP contribution in [0.2, 0.25) is 0 Å². The predicted octanol–water partition coefficient (Wildman–Crippen LogP) is 2.37. The highest BCUT2D eigenvalue weighted by molar-refractivity contribution is 4.71. The molecule has 0 saturated carbocycles. The number of rotatable bonds is 7. The summed E-state index contributed by atoms with van der Waals surface area (Å²) in [7, 11) is 0. The highest BCUT2D eigenvalue weighted by Crippen LogP contribution is 2.23. The molecule has 2 atom stereocenters. The van der Waals surface area contributed by atoms with E-state index in [1.807, 2.05) is 0 Å². The molecule has 15 heavy (non-hydrogen) atoms. The molecule has 1 rings (SSSR count). The lowest BCUT2D eigenvalue weighted by Crippen LogP contribution is -2.23. The smallest absolute Gasteiger partial charge is 0.161 e. The second-order valence-electron chi connectivity index (χ2n) is 3.86. The zero-order valence-electron chi connectivity index (χ0n) is 9.78. The first-order valence-corrected chi connectivity index (χ1v) is 5.77. The molecule has 0 aromatic heterocycles. The fraction of sp³-hybridized carbons (Fsp3) is 0.833. The molecule has 1 saturated heterocycles. The van der Waals surface area contributed by atoms with Gasteiger partial charge in [0.1, 0.15) is 6.10 Å². The zero-order chi connectivity index (χ0) is 11.1. The third-order valence-corrected chi connectivity index (χ3v) is 2.75. The van der Waals surface area contributed by atoms with E-state index in [2.05, 4.69) is 20.4 Å². The van der Waals surface area contributed by atoms with Crippen molar-refractivity contribution >= 4 is 0 Å². The van der Waals surface area contributed by atoms with Crippen molar-refractivity contribution in [2.45, 2.75) is 39.1 Å². The molecule has 0 spiro atoms. The number of hydrogen-bond donors (Lipinski definition) is 0. The molecule has 1 aliphatic heterocycles. The van der Waals surface area contributed by atoms with E-state index >= 15 is 0 Å². The summed E-state index contributed by atoms with van der Waals surface area (Å²) in [6.07, 6.45) is 4.00. The van der Waals surface area contributed by atoms with Gasteiger partial charge < -0.3 is 14.2 Å². The van der Waals surface area contributed by atoms with Crippen LogP contribution in [0.5, 0.6) is 0 Å². The molecule has 0 aromatic carbocycles. The molecule has 0 N–H and O–H groups in total. The Bertz CT molecular complexity index is 178. The molecule has 0 amide bonds. The van der Waals surface area contributed by atoms with Crippen LogP contribution >= 0.6 is 0 Å². The van der Waals surface area contributed by atoms with E-state index in [0.29, 0.717) is 25.7 Å². The van der Waals surface area contributed by atoms with Crippen LogP contribution in [0.4, 0.5) is 0 Å². The van der Waals surface area contributed by atoms with Gasteiger partial charge >= 0.3 is 0 Å². The Labute approximate surface area is 92.4 Å². The summed E-state index contributed by atoms with van der Waals surface area (Å²) in [5.74, 6) is 0.509. The Kier molecular flexibility index (Phi) is 5.91. The lowest BCUT2D eigenvalue weighted by molar-refractivity contribution is -0.106. The van der Waals surface area contributed by atoms with E-state index in [4.69, 9.17) is 14.2 Å². The fourth-order valence-electron chi connectivity index (χ4n) is 1.76. The molecule has 0 radical (unpaired) electrons. The Morgan fingerprint density at radius 1 is 1.47 bits per heavy atom. The minimum Gasteiger partial charge on any atom is -0.375 e. The fourth-order valence-corrected chi connectivity index (χ4v) is 1.76. The van der Waals surface area contributed by atoms with Crippen LogP contribution in [0.15, 0.2) is 12.7 Å². The summed E-state index contributed by atoms with van der Waals surface area (Å²) in [5.41, 5.74) is 0. The van der Waals surface area contributed by atoms with Gasteiger partial charge in [-0.15, -0.1) is 6.58 Å². The Hall–Kier alpha value is -0.380. The van der Waals surface area contributed by atoms with Crippen LogP contribution in [-0.4, -0.2) is 32.2 Å². The predicted molar refractivity (Wildman–Crippen MR) is 59.7 cm³/mol. The molecule has 1 aliphatic rings. The normalized spacial score (nSPS) is 26.1. The Morgan fingerprint density at radius 3 is 2.80 bits per heavy atom. The maximum absolute atomic E-state index is 5.77. The third kappa shape index (κ3) is 3.93.